The van der Waals surface area contributed by atoms with Crippen molar-refractivity contribution in [3.05, 3.63) is 11.3 Å². The fourth-order valence-corrected chi connectivity index (χ4v) is 1.97. The first-order valence-electron chi connectivity index (χ1n) is 6.34. The van der Waals surface area contributed by atoms with Gasteiger partial charge in [0.15, 0.2) is 5.82 Å². The van der Waals surface area contributed by atoms with E-state index in [9.17, 15) is 4.79 Å². The molecule has 1 aromatic heterocycles. The summed E-state index contributed by atoms with van der Waals surface area (Å²) in [5.74, 6) is 0.571. The van der Waals surface area contributed by atoms with Crippen molar-refractivity contribution in [3.8, 4) is 0 Å². The highest BCUT2D eigenvalue weighted by Gasteiger charge is 2.18. The zero-order valence-corrected chi connectivity index (χ0v) is 15.3. The molecule has 2 unspecified atom stereocenters. The quantitative estimate of drug-likeness (QED) is 0.582. The topological polar surface area (TPSA) is 92.5 Å². The van der Waals surface area contributed by atoms with Gasteiger partial charge in [-0.3, -0.25) is 5.43 Å². The van der Waals surface area contributed by atoms with Crippen molar-refractivity contribution in [1.29, 1.82) is 0 Å². The molecule has 7 nitrogen and oxygen atoms in total. The Balaban J connectivity index is 2.96. The largest absolute Gasteiger partial charge is 0.443 e. The van der Waals surface area contributed by atoms with Gasteiger partial charge in [-0.1, -0.05) is 0 Å². The van der Waals surface area contributed by atoms with E-state index in [-0.39, 0.29) is 0 Å². The minimum atomic E-state index is -0.578. The first-order valence-corrected chi connectivity index (χ1v) is 7.37. The second kappa shape index (κ2) is 6.63. The van der Waals surface area contributed by atoms with Gasteiger partial charge in [0.05, 0.1) is 5.69 Å². The average Bonchev–Trinajstić information content (AvgIpc) is 2.31. The second-order valence-electron chi connectivity index (χ2n) is 5.59. The Morgan fingerprint density at radius 2 is 1.90 bits per heavy atom. The number of ether oxygens (including phenoxy) is 1. The van der Waals surface area contributed by atoms with E-state index >= 15 is 0 Å². The van der Waals surface area contributed by atoms with E-state index in [0.29, 0.717) is 17.2 Å². The Hall–Kier alpha value is -1.32. The third kappa shape index (κ3) is 4.87. The van der Waals surface area contributed by atoms with Gasteiger partial charge in [0, 0.05) is 5.69 Å². The van der Waals surface area contributed by atoms with Crippen molar-refractivity contribution in [2.24, 2.45) is 0 Å². The van der Waals surface area contributed by atoms with E-state index in [2.05, 4.69) is 34.6 Å². The third-order valence-electron chi connectivity index (χ3n) is 2.63. The predicted molar refractivity (Wildman–Crippen MR) is 93.0 cm³/mol. The molecule has 9 heteroatoms. The van der Waals surface area contributed by atoms with Crippen molar-refractivity contribution < 1.29 is 9.53 Å². The normalized spacial score (nSPS) is 11.0. The second-order valence-corrected chi connectivity index (χ2v) is 7.30. The van der Waals surface area contributed by atoms with Crippen molar-refractivity contribution in [2.45, 2.75) is 40.2 Å². The van der Waals surface area contributed by atoms with Crippen molar-refractivity contribution in [3.63, 3.8) is 0 Å². The molecule has 0 bridgehead atoms. The predicted octanol–water partition coefficient (Wildman–Crippen LogP) is 2.52. The van der Waals surface area contributed by atoms with Gasteiger partial charge in [-0.25, -0.2) is 15.2 Å². The van der Waals surface area contributed by atoms with Crippen LogP contribution in [0.3, 0.4) is 0 Å². The number of pyridine rings is 1. The molecule has 4 N–H and O–H groups in total. The fourth-order valence-electron chi connectivity index (χ4n) is 1.57. The third-order valence-corrected chi connectivity index (χ3v) is 3.12. The summed E-state index contributed by atoms with van der Waals surface area (Å²) in [6.07, 6.45) is -0.578. The molecule has 118 valence electrons. The van der Waals surface area contributed by atoms with Crippen LogP contribution in [0.5, 0.6) is 0 Å². The number of nitrogens with two attached hydrogens (primary N) is 1. The minimum Gasteiger partial charge on any atom is -0.443 e. The lowest BCUT2D eigenvalue weighted by molar-refractivity contribution is 0.0541. The Bertz CT molecular complexity index is 543. The molecule has 1 amide bonds. The van der Waals surface area contributed by atoms with Crippen molar-refractivity contribution >= 4 is 42.1 Å². The Morgan fingerprint density at radius 1 is 1.33 bits per heavy atom. The number of aromatic nitrogens is 1. The van der Waals surface area contributed by atoms with Crippen LogP contribution in [0.15, 0.2) is 0 Å². The SMILES string of the molecule is Cc1nc(N(P)P)c(N)c(NNC(=O)OC(C)(C)C)c1C. The Morgan fingerprint density at radius 3 is 2.38 bits per heavy atom. The van der Waals surface area contributed by atoms with Crippen LogP contribution >= 0.6 is 18.8 Å². The lowest BCUT2D eigenvalue weighted by Gasteiger charge is -2.22. The summed E-state index contributed by atoms with van der Waals surface area (Å²) in [5.41, 5.74) is 13.5. The van der Waals surface area contributed by atoms with Gasteiger partial charge < -0.3 is 14.9 Å². The van der Waals surface area contributed by atoms with Crippen LogP contribution in [0.4, 0.5) is 22.0 Å². The molecule has 2 atom stereocenters. The zero-order valence-electron chi connectivity index (χ0n) is 12.9. The molecule has 0 saturated heterocycles. The Labute approximate surface area is 129 Å². The van der Waals surface area contributed by atoms with Crippen LogP contribution in [-0.4, -0.2) is 16.7 Å². The molecule has 0 saturated carbocycles. The van der Waals surface area contributed by atoms with Crippen LogP contribution in [-0.2, 0) is 4.74 Å². The molecule has 0 aliphatic carbocycles. The monoisotopic (exact) mass is 331 g/mol. The summed E-state index contributed by atoms with van der Waals surface area (Å²) < 4.78 is 6.81. The molecule has 1 aromatic rings. The summed E-state index contributed by atoms with van der Waals surface area (Å²) in [7, 11) is 4.92. The summed E-state index contributed by atoms with van der Waals surface area (Å²) in [5, 5.41) is 0. The van der Waals surface area contributed by atoms with Gasteiger partial charge in [0.1, 0.15) is 11.3 Å². The van der Waals surface area contributed by atoms with Crippen molar-refractivity contribution in [1.82, 2.24) is 10.4 Å². The molecule has 0 aliphatic heterocycles. The van der Waals surface area contributed by atoms with Gasteiger partial charge in [-0.15, -0.1) is 0 Å². The summed E-state index contributed by atoms with van der Waals surface area (Å²) in [6.45, 7) is 9.12. The minimum absolute atomic E-state index is 0.430. The number of carbonyl (C=O) groups is 1. The number of nitrogens with zero attached hydrogens (tertiary/aromatic N) is 2. The van der Waals surface area contributed by atoms with Crippen molar-refractivity contribution in [2.75, 3.05) is 15.6 Å². The molecule has 21 heavy (non-hydrogen) atoms. The maximum Gasteiger partial charge on any atom is 0.426 e. The van der Waals surface area contributed by atoms with Crippen LogP contribution in [0.2, 0.25) is 0 Å². The molecule has 0 radical (unpaired) electrons. The lowest BCUT2D eigenvalue weighted by atomic mass is 10.1. The number of carbonyl (C=O) groups excluding carboxylic acids is 1. The van der Waals surface area contributed by atoms with Gasteiger partial charge in [0.2, 0.25) is 0 Å². The molecule has 0 aromatic carbocycles. The highest BCUT2D eigenvalue weighted by atomic mass is 31.1. The van der Waals surface area contributed by atoms with Gasteiger partial charge in [0.25, 0.3) is 0 Å². The summed E-state index contributed by atoms with van der Waals surface area (Å²) >= 11 is 0. The number of hydrazine groups is 1. The van der Waals surface area contributed by atoms with Gasteiger partial charge in [-0.2, -0.15) is 0 Å². The smallest absolute Gasteiger partial charge is 0.426 e. The number of anilines is 3. The maximum absolute atomic E-state index is 11.7. The molecule has 0 fully saturated rings. The van der Waals surface area contributed by atoms with E-state index < -0.39 is 11.7 Å². The summed E-state index contributed by atoms with van der Waals surface area (Å²) in [6, 6.07) is 0. The molecular weight excluding hydrogens is 308 g/mol. The number of hydrogen-bond donors (Lipinski definition) is 3. The maximum atomic E-state index is 11.7. The molecule has 0 spiro atoms. The highest BCUT2D eigenvalue weighted by molar-refractivity contribution is 7.39. The fraction of sp³-hybridized carbons (Fsp3) is 0.500. The highest BCUT2D eigenvalue weighted by Crippen LogP contribution is 2.35. The van der Waals surface area contributed by atoms with E-state index in [1.54, 1.807) is 25.2 Å². The number of amides is 1. The standard InChI is InChI=1S/C12H23N5O2P2/c1-6-7(2)14-10(17(20)21)8(13)9(6)15-16-11(18)19-12(3,4)5/h13,20-21H2,1-5H3,(H,14,15)(H,16,18). The number of aryl methyl sites for hydroxylation is 1. The van der Waals surface area contributed by atoms with Crippen LogP contribution in [0.25, 0.3) is 0 Å². The first kappa shape index (κ1) is 17.7. The summed E-state index contributed by atoms with van der Waals surface area (Å²) in [4.78, 5) is 16.1. The molecule has 0 aliphatic rings. The average molecular weight is 331 g/mol. The van der Waals surface area contributed by atoms with Crippen LogP contribution in [0, 0.1) is 13.8 Å². The van der Waals surface area contributed by atoms with Crippen LogP contribution < -0.4 is 21.0 Å². The molecular formula is C12H23N5O2P2. The number of rotatable bonds is 3. The number of nitrogen functional groups attached to an aromatic ring is 1. The number of nitrogens with one attached hydrogen (secondary N) is 2. The van der Waals surface area contributed by atoms with E-state index in [4.69, 9.17) is 10.5 Å². The first-order chi connectivity index (χ1) is 9.53. The number of hydrogen-bond acceptors (Lipinski definition) is 6. The zero-order chi connectivity index (χ0) is 16.4. The van der Waals surface area contributed by atoms with E-state index in [1.165, 1.54) is 0 Å². The van der Waals surface area contributed by atoms with Crippen LogP contribution in [0.1, 0.15) is 32.0 Å². The van der Waals surface area contributed by atoms with E-state index in [1.807, 2.05) is 13.8 Å². The van der Waals surface area contributed by atoms with Gasteiger partial charge >= 0.3 is 6.09 Å². The Kier molecular flexibility index (Phi) is 5.60. The van der Waals surface area contributed by atoms with E-state index in [0.717, 1.165) is 11.3 Å². The molecule has 1 heterocycles. The molecule has 1 rings (SSSR count). The van der Waals surface area contributed by atoms with Gasteiger partial charge in [-0.05, 0) is 59.0 Å². The lowest BCUT2D eigenvalue weighted by Crippen LogP contribution is -2.36.